The van der Waals surface area contributed by atoms with E-state index in [1.54, 1.807) is 27.7 Å². The summed E-state index contributed by atoms with van der Waals surface area (Å²) in [5.74, 6) is 0.987. The van der Waals surface area contributed by atoms with E-state index in [1.807, 2.05) is 0 Å². The third-order valence-electron chi connectivity index (χ3n) is 4.70. The standard InChI is InChI=1S/C19H33N2O5P/c1-6-24-27(5,23)15(18(22)25-19(2,3)4)13-17-20-16(21-26-17)12-14-10-8-7-9-11-14/h14-15H,6-13H2,1-5H3. The van der Waals surface area contributed by atoms with Crippen molar-refractivity contribution in [3.05, 3.63) is 11.7 Å². The van der Waals surface area contributed by atoms with E-state index in [4.69, 9.17) is 13.8 Å². The summed E-state index contributed by atoms with van der Waals surface area (Å²) in [7, 11) is -3.24. The predicted octanol–water partition coefficient (Wildman–Crippen LogP) is 4.39. The topological polar surface area (TPSA) is 91.5 Å². The summed E-state index contributed by atoms with van der Waals surface area (Å²) in [4.78, 5) is 17.1. The molecule has 7 nitrogen and oxygen atoms in total. The zero-order chi connectivity index (χ0) is 20.1. The van der Waals surface area contributed by atoms with Crippen molar-refractivity contribution in [2.24, 2.45) is 5.92 Å². The summed E-state index contributed by atoms with van der Waals surface area (Å²) < 4.78 is 29.1. The number of nitrogens with zero attached hydrogens (tertiary/aromatic N) is 2. The molecule has 1 fully saturated rings. The second-order valence-corrected chi connectivity index (χ2v) is 11.1. The van der Waals surface area contributed by atoms with Crippen LogP contribution < -0.4 is 0 Å². The smallest absolute Gasteiger partial charge is 0.319 e. The molecule has 1 heterocycles. The average molecular weight is 400 g/mol. The minimum Gasteiger partial charge on any atom is -0.459 e. The summed E-state index contributed by atoms with van der Waals surface area (Å²) in [5, 5.41) is 4.06. The van der Waals surface area contributed by atoms with Gasteiger partial charge < -0.3 is 13.8 Å². The molecule has 0 aliphatic heterocycles. The third kappa shape index (κ3) is 7.04. The van der Waals surface area contributed by atoms with E-state index in [0.717, 1.165) is 6.42 Å². The van der Waals surface area contributed by atoms with Gasteiger partial charge in [0.1, 0.15) is 11.3 Å². The Bertz CT molecular complexity index is 661. The summed E-state index contributed by atoms with van der Waals surface area (Å²) in [6.07, 6.45) is 7.04. The maximum atomic E-state index is 13.0. The molecule has 0 amide bonds. The van der Waals surface area contributed by atoms with E-state index in [0.29, 0.717) is 17.6 Å². The van der Waals surface area contributed by atoms with Gasteiger partial charge in [-0.3, -0.25) is 9.36 Å². The average Bonchev–Trinajstić information content (AvgIpc) is 2.99. The van der Waals surface area contributed by atoms with Gasteiger partial charge in [0.05, 0.1) is 6.61 Å². The van der Waals surface area contributed by atoms with Crippen molar-refractivity contribution >= 4 is 13.3 Å². The monoisotopic (exact) mass is 400 g/mol. The molecule has 154 valence electrons. The summed E-state index contributed by atoms with van der Waals surface area (Å²) in [5.41, 5.74) is -1.64. The Labute approximate surface area is 162 Å². The molecule has 2 rings (SSSR count). The first kappa shape index (κ1) is 22.1. The van der Waals surface area contributed by atoms with Gasteiger partial charge >= 0.3 is 5.97 Å². The number of esters is 1. The summed E-state index contributed by atoms with van der Waals surface area (Å²) in [6, 6.07) is 0. The first-order chi connectivity index (χ1) is 12.6. The van der Waals surface area contributed by atoms with Crippen LogP contribution in [-0.2, 0) is 31.5 Å². The van der Waals surface area contributed by atoms with Crippen LogP contribution in [0.3, 0.4) is 0 Å². The molecule has 2 unspecified atom stereocenters. The molecule has 0 aromatic carbocycles. The van der Waals surface area contributed by atoms with Gasteiger partial charge in [0.2, 0.25) is 13.3 Å². The van der Waals surface area contributed by atoms with Crippen LogP contribution in [0.25, 0.3) is 0 Å². The van der Waals surface area contributed by atoms with Gasteiger partial charge in [0.15, 0.2) is 5.82 Å². The number of hydrogen-bond acceptors (Lipinski definition) is 7. The lowest BCUT2D eigenvalue weighted by Gasteiger charge is -2.26. The van der Waals surface area contributed by atoms with E-state index in [-0.39, 0.29) is 13.0 Å². The molecule has 8 heteroatoms. The molecule has 0 saturated heterocycles. The molecule has 1 aromatic rings. The number of hydrogen-bond donors (Lipinski definition) is 0. The molecular formula is C19H33N2O5P. The molecule has 0 spiro atoms. The molecule has 0 radical (unpaired) electrons. The van der Waals surface area contributed by atoms with Gasteiger partial charge in [-0.15, -0.1) is 0 Å². The van der Waals surface area contributed by atoms with Crippen LogP contribution in [0, 0.1) is 5.92 Å². The lowest BCUT2D eigenvalue weighted by Crippen LogP contribution is -2.33. The normalized spacial score (nSPS) is 19.4. The van der Waals surface area contributed by atoms with Gasteiger partial charge in [-0.1, -0.05) is 37.3 Å². The van der Waals surface area contributed by atoms with Gasteiger partial charge in [-0.2, -0.15) is 4.98 Å². The first-order valence-electron chi connectivity index (χ1n) is 9.87. The molecule has 1 saturated carbocycles. The van der Waals surface area contributed by atoms with Crippen LogP contribution in [0.5, 0.6) is 0 Å². The van der Waals surface area contributed by atoms with Crippen LogP contribution in [0.2, 0.25) is 0 Å². The van der Waals surface area contributed by atoms with Crippen molar-refractivity contribution in [2.45, 2.75) is 83.9 Å². The quantitative estimate of drug-likeness (QED) is 0.472. The Morgan fingerprint density at radius 3 is 2.56 bits per heavy atom. The Kier molecular flexibility index (Phi) is 7.64. The fourth-order valence-electron chi connectivity index (χ4n) is 3.43. The largest absolute Gasteiger partial charge is 0.459 e. The van der Waals surface area contributed by atoms with E-state index in [2.05, 4.69) is 10.1 Å². The lowest BCUT2D eigenvalue weighted by atomic mass is 9.87. The molecule has 1 aliphatic rings. The third-order valence-corrected chi connectivity index (χ3v) is 7.00. The SMILES string of the molecule is CCOP(C)(=O)C(Cc1nc(CC2CCCCC2)no1)C(=O)OC(C)(C)C. The lowest BCUT2D eigenvalue weighted by molar-refractivity contribution is -0.154. The summed E-state index contributed by atoms with van der Waals surface area (Å²) >= 11 is 0. The zero-order valence-electron chi connectivity index (χ0n) is 17.2. The van der Waals surface area contributed by atoms with E-state index < -0.39 is 24.6 Å². The highest BCUT2D eigenvalue weighted by Gasteiger charge is 2.40. The Balaban J connectivity index is 2.10. The van der Waals surface area contributed by atoms with Crippen LogP contribution in [0.15, 0.2) is 4.52 Å². The van der Waals surface area contributed by atoms with Crippen molar-refractivity contribution in [3.63, 3.8) is 0 Å². The number of ether oxygens (including phenoxy) is 1. The van der Waals surface area contributed by atoms with Crippen molar-refractivity contribution in [1.29, 1.82) is 0 Å². The van der Waals surface area contributed by atoms with Crippen molar-refractivity contribution in [1.82, 2.24) is 10.1 Å². The minimum atomic E-state index is -3.24. The Morgan fingerprint density at radius 1 is 1.30 bits per heavy atom. The predicted molar refractivity (Wildman–Crippen MR) is 103 cm³/mol. The van der Waals surface area contributed by atoms with Gasteiger partial charge in [-0.05, 0) is 33.6 Å². The molecule has 1 aliphatic carbocycles. The maximum Gasteiger partial charge on any atom is 0.319 e. The van der Waals surface area contributed by atoms with Crippen molar-refractivity contribution in [2.75, 3.05) is 13.3 Å². The van der Waals surface area contributed by atoms with E-state index in [1.165, 1.54) is 38.8 Å². The first-order valence-corrected chi connectivity index (χ1v) is 12.0. The molecule has 0 N–H and O–H groups in total. The Hall–Kier alpha value is -1.20. The van der Waals surface area contributed by atoms with E-state index >= 15 is 0 Å². The highest BCUT2D eigenvalue weighted by molar-refractivity contribution is 7.60. The molecule has 27 heavy (non-hydrogen) atoms. The van der Waals surface area contributed by atoms with Gasteiger partial charge in [-0.25, -0.2) is 0 Å². The summed E-state index contributed by atoms with van der Waals surface area (Å²) in [6.45, 7) is 8.79. The number of rotatable bonds is 8. The second-order valence-electron chi connectivity index (χ2n) is 8.39. The minimum absolute atomic E-state index is 0.0559. The maximum absolute atomic E-state index is 13.0. The molecule has 1 aromatic heterocycles. The fraction of sp³-hybridized carbons (Fsp3) is 0.842. The molecular weight excluding hydrogens is 367 g/mol. The van der Waals surface area contributed by atoms with Crippen LogP contribution >= 0.6 is 7.37 Å². The molecule has 2 atom stereocenters. The van der Waals surface area contributed by atoms with Crippen LogP contribution in [0.4, 0.5) is 0 Å². The molecule has 0 bridgehead atoms. The fourth-order valence-corrected chi connectivity index (χ4v) is 5.04. The van der Waals surface area contributed by atoms with Crippen LogP contribution in [0.1, 0.15) is 71.5 Å². The highest BCUT2D eigenvalue weighted by Crippen LogP contribution is 2.50. The van der Waals surface area contributed by atoms with Gasteiger partial charge in [0.25, 0.3) is 0 Å². The van der Waals surface area contributed by atoms with Gasteiger partial charge in [0, 0.05) is 19.5 Å². The zero-order valence-corrected chi connectivity index (χ0v) is 18.1. The number of carbonyl (C=O) groups is 1. The number of aromatic nitrogens is 2. The van der Waals surface area contributed by atoms with Crippen LogP contribution in [-0.4, -0.2) is 40.6 Å². The van der Waals surface area contributed by atoms with Crippen molar-refractivity contribution < 1.29 is 23.1 Å². The second kappa shape index (κ2) is 9.33. The van der Waals surface area contributed by atoms with Crippen molar-refractivity contribution in [3.8, 4) is 0 Å². The van der Waals surface area contributed by atoms with E-state index in [9.17, 15) is 9.36 Å². The highest BCUT2D eigenvalue weighted by atomic mass is 31.2. The Morgan fingerprint density at radius 2 is 1.96 bits per heavy atom. The number of carbonyl (C=O) groups excluding carboxylic acids is 1.